The molecule has 11 fully saturated rings. The van der Waals surface area contributed by atoms with Crippen LogP contribution in [0, 0.1) is 16.2 Å². The number of piperazine rings is 4. The molecule has 147 heavy (non-hydrogen) atoms. The molecule has 42 nitrogen and oxygen atoms in total. The highest BCUT2D eigenvalue weighted by Gasteiger charge is 2.36. The van der Waals surface area contributed by atoms with Crippen molar-refractivity contribution in [3.05, 3.63) is 0 Å². The smallest absolute Gasteiger partial charge is 0.410 e. The Morgan fingerprint density at radius 1 is 0.265 bits per heavy atom. The van der Waals surface area contributed by atoms with E-state index in [1.54, 1.807) is 50.8 Å². The van der Waals surface area contributed by atoms with Crippen LogP contribution in [0.15, 0.2) is 0 Å². The third-order valence-electron chi connectivity index (χ3n) is 26.1. The molecule has 0 atom stereocenters. The number of amides is 15. The molecule has 0 aliphatic carbocycles. The van der Waals surface area contributed by atoms with E-state index in [0.29, 0.717) is 138 Å². The van der Waals surface area contributed by atoms with E-state index in [2.05, 4.69) is 94.7 Å². The summed E-state index contributed by atoms with van der Waals surface area (Å²) in [5, 5.41) is 23.0. The lowest BCUT2D eigenvalue weighted by molar-refractivity contribution is -0.141. The summed E-state index contributed by atoms with van der Waals surface area (Å²) in [6.45, 7) is 42.6. The van der Waals surface area contributed by atoms with Crippen molar-refractivity contribution in [2.75, 3.05) is 332 Å². The highest BCUT2D eigenvalue weighted by Crippen LogP contribution is 2.21. The molecule has 0 radical (unpaired) electrons. The van der Waals surface area contributed by atoms with Gasteiger partial charge in [-0.15, -0.1) is 34.0 Å². The van der Waals surface area contributed by atoms with Crippen LogP contribution >= 0.6 is 65.8 Å². The monoisotopic (exact) mass is 2340 g/mol. The van der Waals surface area contributed by atoms with Crippen LogP contribution in [0.4, 0.5) is 14.4 Å². The molecule has 0 aromatic rings. The number of alkyl halides is 2. The van der Waals surface area contributed by atoms with E-state index >= 15 is 0 Å². The van der Waals surface area contributed by atoms with Gasteiger partial charge in [-0.3, -0.25) is 77.6 Å². The first-order valence-electron chi connectivity index (χ1n) is 53.5. The minimum absolute atomic E-state index is 0. The summed E-state index contributed by atoms with van der Waals surface area (Å²) in [7, 11) is -0.789. The van der Waals surface area contributed by atoms with Gasteiger partial charge >= 0.3 is 25.3 Å². The zero-order valence-corrected chi connectivity index (χ0v) is 96.8. The van der Waals surface area contributed by atoms with Crippen LogP contribution in [0.5, 0.6) is 0 Å². The number of nitrogens with one attached hydrogen (secondary N) is 4. The van der Waals surface area contributed by atoms with Crippen LogP contribution in [0.25, 0.3) is 0 Å². The fourth-order valence-corrected chi connectivity index (χ4v) is 18.3. The summed E-state index contributed by atoms with van der Waals surface area (Å²) < 4.78 is 32.5. The number of carbonyl (C=O) groups excluding carboxylic acids is 15. The minimum Gasteiger partial charge on any atom is -0.447 e. The Morgan fingerprint density at radius 2 is 0.456 bits per heavy atom. The Balaban J connectivity index is 0.000000381. The van der Waals surface area contributed by atoms with Crippen molar-refractivity contribution in [1.82, 2.24) is 99.6 Å². The molecule has 844 valence electrons. The second-order valence-corrected chi connectivity index (χ2v) is 43.5. The number of carbonyl (C=O) groups is 15. The minimum atomic E-state index is -0.789. The quantitative estimate of drug-likeness (QED) is 0.0229. The lowest BCUT2D eigenvalue weighted by atomic mass is 9.84. The number of halogens is 4. The van der Waals surface area contributed by atoms with Crippen LogP contribution in [-0.4, -0.2) is 511 Å². The number of hydrogen-bond acceptors (Lipinski definition) is 27. The third-order valence-corrected chi connectivity index (χ3v) is 27.0. The molecule has 0 saturated carbocycles. The molecule has 5 N–H and O–H groups in total. The van der Waals surface area contributed by atoms with Crippen molar-refractivity contribution in [1.29, 1.82) is 0 Å². The van der Waals surface area contributed by atoms with Gasteiger partial charge in [-0.05, 0) is 165 Å². The van der Waals surface area contributed by atoms with Gasteiger partial charge in [0.1, 0.15) is 59.1 Å². The Hall–Kier alpha value is -6.93. The van der Waals surface area contributed by atoms with Crippen molar-refractivity contribution >= 4 is 162 Å². The maximum Gasteiger partial charge on any atom is 0.410 e. The van der Waals surface area contributed by atoms with E-state index in [9.17, 15) is 76.9 Å². The normalized spacial score (nSPS) is 17.9. The number of hydrogen-bond donors (Lipinski definition) is 5. The average Bonchev–Trinajstić information content (AvgIpc) is 0.852. The zero-order chi connectivity index (χ0) is 106. The van der Waals surface area contributed by atoms with E-state index in [1.165, 1.54) is 67.8 Å². The van der Waals surface area contributed by atoms with E-state index in [4.69, 9.17) is 28.4 Å². The maximum absolute atomic E-state index is 13.0. The molecular weight excluding hydrogens is 2160 g/mol. The Morgan fingerprint density at radius 3 is 0.653 bits per heavy atom. The topological polar surface area (TPSA) is 432 Å². The molecule has 0 bridgehead atoms. The van der Waals surface area contributed by atoms with Crippen molar-refractivity contribution in [2.24, 2.45) is 16.2 Å². The molecule has 11 heterocycles. The number of nitrogens with zero attached hydrogens (tertiary/aromatic N) is 16. The lowest BCUT2D eigenvalue weighted by Crippen LogP contribution is -2.55. The molecule has 11 aliphatic rings. The Bertz CT molecular complexity index is 3570. The standard InChI is InChI=1S/C24H39Br2N5O7.C22H39N3O5.C20H37N5O5.C15H28BN3O3.C14H25N3O2.C5H11N.2BrH/c1-24(2,3)18-37-12-13-38-23(36)31(16-21(34)29-8-4-27(5-9-29)19(32)14-25)17-22(35)30-10-6-28(7-11-30)20(33)15-26;1-22(2,3)18-29-14-15-30-21(28)25(16-19(26)23-10-6-4-7-11-23)17-20(27)24-12-8-5-9-13-24;1-20(2,3)16-29-12-13-30-19(28)25(14-17(26)23-8-4-21-5-9-23)15-18(27)24-10-6-22-7-11-24;1-16(22)19(12-14(20)17-8-4-2-5-9-17)13-15(21)18-10-6-3-7-11-18;18-13(16-7-3-1-4-8-16)11-15-12-14(19)17-9-5-2-6-10-17;1-2-4-6-5-3-1;;/h4-18H2,1-3H3;4-18H2,1-3H3;21-22H,4-16H2,1-3H3;22H,2-13H2,1H3;15H,1-12H2;6H,1-5H2;2*1H. The van der Waals surface area contributed by atoms with Crippen LogP contribution in [-0.2, 0) is 86.0 Å². The van der Waals surface area contributed by atoms with Gasteiger partial charge in [0.05, 0.1) is 76.5 Å². The van der Waals surface area contributed by atoms with Gasteiger partial charge in [-0.1, -0.05) is 101 Å². The van der Waals surface area contributed by atoms with Crippen molar-refractivity contribution in [2.45, 2.75) is 204 Å². The average molecular weight is 2350 g/mol. The third kappa shape index (κ3) is 56.0. The molecule has 47 heteroatoms. The lowest BCUT2D eigenvalue weighted by Gasteiger charge is -2.37. The fourth-order valence-electron chi connectivity index (χ4n) is 17.5. The largest absolute Gasteiger partial charge is 0.447 e. The molecule has 0 spiro atoms. The Kier molecular flexibility index (Phi) is 66.8. The summed E-state index contributed by atoms with van der Waals surface area (Å²) in [4.78, 5) is 213. The number of piperidine rings is 7. The van der Waals surface area contributed by atoms with Gasteiger partial charge in [-0.25, -0.2) is 14.4 Å². The van der Waals surface area contributed by atoms with E-state index in [0.717, 1.165) is 173 Å². The van der Waals surface area contributed by atoms with Gasteiger partial charge < -0.3 is 113 Å². The first-order valence-corrected chi connectivity index (χ1v) is 55.7. The predicted molar refractivity (Wildman–Crippen MR) is 581 cm³/mol. The van der Waals surface area contributed by atoms with Gasteiger partial charge in [0.25, 0.3) is 0 Å². The van der Waals surface area contributed by atoms with E-state index in [-0.39, 0.29) is 224 Å². The van der Waals surface area contributed by atoms with E-state index < -0.39 is 25.3 Å². The fraction of sp³-hybridized carbons (Fsp3) is 0.850. The SMILES string of the molecule is Br.Br.C1CCNCC1.CB(O)N(CC(=O)N1CCCCC1)CC(=O)N1CCCCC1.CC(C)(C)COCCOC(=O)N(CC(=O)N1CCCCC1)CC(=O)N1CCCCC1.CC(C)(C)COCCOC(=O)N(CC(=O)N1CCN(C(=O)CBr)CC1)CC(=O)N1CCN(C(=O)CBr)CC1.CC(C)(C)COCCOC(=O)N(CC(=O)N1CCNCC1)CC(=O)N1CCNCC1.O=C(CNCC(=O)N1CCCCC1)N1CCCCC1. The molecule has 0 aromatic carbocycles. The molecule has 11 saturated heterocycles. The number of likely N-dealkylation sites (tertiary alicyclic amines) is 6. The zero-order valence-electron chi connectivity index (χ0n) is 90.2. The van der Waals surface area contributed by atoms with Gasteiger partial charge in [-0.2, -0.15) is 0 Å². The van der Waals surface area contributed by atoms with Crippen LogP contribution < -0.4 is 21.3 Å². The molecular formula is C100H181BBr4N20O22. The second-order valence-electron chi connectivity index (χ2n) is 42.4. The van der Waals surface area contributed by atoms with Crippen molar-refractivity contribution < 1.29 is 105 Å². The van der Waals surface area contributed by atoms with Gasteiger partial charge in [0.2, 0.25) is 70.9 Å². The van der Waals surface area contributed by atoms with Crippen LogP contribution in [0.2, 0.25) is 6.82 Å². The maximum atomic E-state index is 13.0. The predicted octanol–water partition coefficient (Wildman–Crippen LogP) is 5.42. The van der Waals surface area contributed by atoms with Crippen molar-refractivity contribution in [3.63, 3.8) is 0 Å². The van der Waals surface area contributed by atoms with Crippen molar-refractivity contribution in [3.8, 4) is 0 Å². The first-order chi connectivity index (χ1) is 69.3. The van der Waals surface area contributed by atoms with E-state index in [1.807, 2.05) is 40.4 Å². The van der Waals surface area contributed by atoms with Gasteiger partial charge in [0, 0.05) is 183 Å². The first kappa shape index (κ1) is 132. The summed E-state index contributed by atoms with van der Waals surface area (Å²) in [5.41, 5.74) is 0.0421. The molecule has 11 aliphatic heterocycles. The van der Waals surface area contributed by atoms with Crippen LogP contribution in [0.3, 0.4) is 0 Å². The van der Waals surface area contributed by atoms with Gasteiger partial charge in [0.15, 0.2) is 0 Å². The summed E-state index contributed by atoms with van der Waals surface area (Å²) in [6, 6.07) is 0. The summed E-state index contributed by atoms with van der Waals surface area (Å²) in [6.07, 6.45) is 21.8. The number of rotatable bonds is 35. The highest BCUT2D eigenvalue weighted by atomic mass is 79.9. The molecule has 15 amide bonds. The molecule has 0 unspecified atom stereocenters. The highest BCUT2D eigenvalue weighted by molar-refractivity contribution is 9.09. The molecule has 0 aromatic heterocycles. The summed E-state index contributed by atoms with van der Waals surface area (Å²) >= 11 is 6.31. The second kappa shape index (κ2) is 74.2. The summed E-state index contributed by atoms with van der Waals surface area (Å²) in [5.74, 6) is -1.02. The molecule has 11 rings (SSSR count). The van der Waals surface area contributed by atoms with Crippen LogP contribution in [0.1, 0.15) is 197 Å². The Labute approximate surface area is 913 Å². The number of ether oxygens (including phenoxy) is 6.